The predicted octanol–water partition coefficient (Wildman–Crippen LogP) is 3.05. The van der Waals surface area contributed by atoms with E-state index in [0.29, 0.717) is 19.5 Å². The van der Waals surface area contributed by atoms with Crippen LogP contribution in [-0.2, 0) is 9.59 Å². The van der Waals surface area contributed by atoms with Crippen molar-refractivity contribution in [1.29, 1.82) is 0 Å². The van der Waals surface area contributed by atoms with Crippen LogP contribution < -0.4 is 10.6 Å². The first-order valence-electron chi connectivity index (χ1n) is 8.09. The summed E-state index contributed by atoms with van der Waals surface area (Å²) in [6.07, 6.45) is 2.90. The summed E-state index contributed by atoms with van der Waals surface area (Å²) in [5.74, 6) is 0.215. The van der Waals surface area contributed by atoms with Gasteiger partial charge in [-0.25, -0.2) is 0 Å². The molecule has 0 spiro atoms. The fourth-order valence-corrected chi connectivity index (χ4v) is 3.15. The molecule has 7 heteroatoms. The number of benzene rings is 1. The van der Waals surface area contributed by atoms with Crippen molar-refractivity contribution in [3.8, 4) is 0 Å². The fraction of sp³-hybridized carbons (Fsp3) is 0.529. The lowest BCUT2D eigenvalue weighted by Gasteiger charge is -2.31. The highest BCUT2D eigenvalue weighted by Gasteiger charge is 2.27. The van der Waals surface area contributed by atoms with Crippen LogP contribution in [0, 0.1) is 5.92 Å². The minimum Gasteiger partial charge on any atom is -0.343 e. The Bertz CT molecular complexity index is 548. The first-order chi connectivity index (χ1) is 11.1. The summed E-state index contributed by atoms with van der Waals surface area (Å²) in [5.41, 5.74) is 0.795. The summed E-state index contributed by atoms with van der Waals surface area (Å²) in [5, 5.41) is 6.02. The van der Waals surface area contributed by atoms with Gasteiger partial charge in [-0.2, -0.15) is 0 Å². The number of halogens is 2. The maximum atomic E-state index is 12.4. The number of nitrogens with one attached hydrogen (secondary N) is 2. The standard InChI is InChI=1S/C17H24BrN3O2.ClH/c1-19-10-4-7-16(22)21-11-8-13(9-12-21)17(23)20-15-6-3-2-5-14(15)18;/h2-3,5-6,13,19H,4,7-12H2,1H3,(H,20,23);1H. The van der Waals surface area contributed by atoms with E-state index >= 15 is 0 Å². The Labute approximate surface area is 158 Å². The van der Waals surface area contributed by atoms with Crippen molar-refractivity contribution in [2.24, 2.45) is 5.92 Å². The SMILES string of the molecule is CNCCCC(=O)N1CCC(C(=O)Nc2ccccc2Br)CC1.Cl. The van der Waals surface area contributed by atoms with E-state index in [9.17, 15) is 9.59 Å². The van der Waals surface area contributed by atoms with E-state index in [4.69, 9.17) is 0 Å². The normalized spacial score (nSPS) is 14.8. The van der Waals surface area contributed by atoms with Crippen molar-refractivity contribution in [3.05, 3.63) is 28.7 Å². The highest BCUT2D eigenvalue weighted by atomic mass is 79.9. The first kappa shape index (κ1) is 20.9. The fourth-order valence-electron chi connectivity index (χ4n) is 2.76. The van der Waals surface area contributed by atoms with Crippen molar-refractivity contribution in [1.82, 2.24) is 10.2 Å². The molecule has 1 aliphatic heterocycles. The maximum absolute atomic E-state index is 12.4. The molecule has 1 aromatic carbocycles. The molecule has 1 fully saturated rings. The third kappa shape index (κ3) is 6.07. The van der Waals surface area contributed by atoms with E-state index in [2.05, 4.69) is 26.6 Å². The zero-order valence-corrected chi connectivity index (χ0v) is 16.3. The third-order valence-electron chi connectivity index (χ3n) is 4.17. The molecule has 1 aromatic rings. The second kappa shape index (κ2) is 10.7. The molecular weight excluding hydrogens is 394 g/mol. The molecule has 2 amide bonds. The van der Waals surface area contributed by atoms with Crippen molar-refractivity contribution >= 4 is 45.8 Å². The molecule has 0 aromatic heterocycles. The van der Waals surface area contributed by atoms with Crippen LogP contribution >= 0.6 is 28.3 Å². The Kier molecular flexibility index (Phi) is 9.33. The molecule has 1 aliphatic rings. The van der Waals surface area contributed by atoms with Gasteiger partial charge in [-0.05, 0) is 60.9 Å². The zero-order chi connectivity index (χ0) is 16.7. The van der Waals surface area contributed by atoms with Crippen LogP contribution in [0.25, 0.3) is 0 Å². The quantitative estimate of drug-likeness (QED) is 0.698. The van der Waals surface area contributed by atoms with E-state index in [0.717, 1.165) is 36.0 Å². The molecule has 24 heavy (non-hydrogen) atoms. The van der Waals surface area contributed by atoms with E-state index < -0.39 is 0 Å². The lowest BCUT2D eigenvalue weighted by Crippen LogP contribution is -2.41. The third-order valence-corrected chi connectivity index (χ3v) is 4.86. The van der Waals surface area contributed by atoms with Crippen molar-refractivity contribution in [2.75, 3.05) is 32.0 Å². The number of para-hydroxylation sites is 1. The van der Waals surface area contributed by atoms with Gasteiger partial charge in [0, 0.05) is 29.9 Å². The smallest absolute Gasteiger partial charge is 0.227 e. The van der Waals surface area contributed by atoms with Gasteiger partial charge in [-0.3, -0.25) is 9.59 Å². The highest BCUT2D eigenvalue weighted by Crippen LogP contribution is 2.24. The number of likely N-dealkylation sites (tertiary alicyclic amines) is 1. The Morgan fingerprint density at radius 1 is 1.25 bits per heavy atom. The van der Waals surface area contributed by atoms with Crippen LogP contribution in [0.1, 0.15) is 25.7 Å². The van der Waals surface area contributed by atoms with E-state index in [-0.39, 0.29) is 30.1 Å². The largest absolute Gasteiger partial charge is 0.343 e. The molecule has 0 radical (unpaired) electrons. The van der Waals surface area contributed by atoms with Gasteiger partial charge in [-0.1, -0.05) is 12.1 Å². The number of hydrogen-bond acceptors (Lipinski definition) is 3. The Hall–Kier alpha value is -1.11. The average molecular weight is 419 g/mol. The highest BCUT2D eigenvalue weighted by molar-refractivity contribution is 9.10. The Morgan fingerprint density at radius 3 is 2.54 bits per heavy atom. The van der Waals surface area contributed by atoms with E-state index in [1.807, 2.05) is 36.2 Å². The Morgan fingerprint density at radius 2 is 1.92 bits per heavy atom. The van der Waals surface area contributed by atoms with E-state index in [1.165, 1.54) is 0 Å². The predicted molar refractivity (Wildman–Crippen MR) is 102 cm³/mol. The average Bonchev–Trinajstić information content (AvgIpc) is 2.57. The van der Waals surface area contributed by atoms with Crippen molar-refractivity contribution in [2.45, 2.75) is 25.7 Å². The summed E-state index contributed by atoms with van der Waals surface area (Å²) >= 11 is 3.43. The van der Waals surface area contributed by atoms with Gasteiger partial charge < -0.3 is 15.5 Å². The van der Waals surface area contributed by atoms with Gasteiger partial charge in [0.25, 0.3) is 0 Å². The molecule has 0 bridgehead atoms. The van der Waals surface area contributed by atoms with Crippen molar-refractivity contribution in [3.63, 3.8) is 0 Å². The molecule has 1 heterocycles. The molecule has 134 valence electrons. The van der Waals surface area contributed by atoms with Gasteiger partial charge >= 0.3 is 0 Å². The summed E-state index contributed by atoms with van der Waals surface area (Å²) in [6.45, 7) is 2.20. The summed E-state index contributed by atoms with van der Waals surface area (Å²) in [7, 11) is 1.89. The zero-order valence-electron chi connectivity index (χ0n) is 13.9. The number of nitrogens with zero attached hydrogens (tertiary/aromatic N) is 1. The molecular formula is C17H25BrClN3O2. The first-order valence-corrected chi connectivity index (χ1v) is 8.89. The van der Waals surface area contributed by atoms with Gasteiger partial charge in [-0.15, -0.1) is 12.4 Å². The molecule has 1 saturated heterocycles. The number of anilines is 1. The van der Waals surface area contributed by atoms with Crippen molar-refractivity contribution < 1.29 is 9.59 Å². The summed E-state index contributed by atoms with van der Waals surface area (Å²) in [6, 6.07) is 7.59. The number of amides is 2. The van der Waals surface area contributed by atoms with Gasteiger partial charge in [0.15, 0.2) is 0 Å². The number of carbonyl (C=O) groups is 2. The van der Waals surface area contributed by atoms with Crippen LogP contribution in [0.4, 0.5) is 5.69 Å². The lowest BCUT2D eigenvalue weighted by atomic mass is 9.95. The number of piperidine rings is 1. The molecule has 0 saturated carbocycles. The lowest BCUT2D eigenvalue weighted by molar-refractivity contribution is -0.134. The topological polar surface area (TPSA) is 61.4 Å². The minimum atomic E-state index is -0.0246. The molecule has 0 atom stereocenters. The van der Waals surface area contributed by atoms with Crippen LogP contribution in [0.3, 0.4) is 0 Å². The molecule has 5 nitrogen and oxygen atoms in total. The monoisotopic (exact) mass is 417 g/mol. The minimum absolute atomic E-state index is 0. The number of hydrogen-bond donors (Lipinski definition) is 2. The molecule has 0 unspecified atom stereocenters. The van der Waals surface area contributed by atoms with Crippen LogP contribution in [0.15, 0.2) is 28.7 Å². The molecule has 0 aliphatic carbocycles. The summed E-state index contributed by atoms with van der Waals surface area (Å²) in [4.78, 5) is 26.3. The van der Waals surface area contributed by atoms with Gasteiger partial charge in [0.05, 0.1) is 5.69 Å². The van der Waals surface area contributed by atoms with Gasteiger partial charge in [0.1, 0.15) is 0 Å². The van der Waals surface area contributed by atoms with E-state index in [1.54, 1.807) is 0 Å². The molecule has 2 rings (SSSR count). The Balaban J connectivity index is 0.00000288. The number of rotatable bonds is 6. The van der Waals surface area contributed by atoms with Gasteiger partial charge in [0.2, 0.25) is 11.8 Å². The summed E-state index contributed by atoms with van der Waals surface area (Å²) < 4.78 is 0.880. The number of carbonyl (C=O) groups excluding carboxylic acids is 2. The van der Waals surface area contributed by atoms with Crippen LogP contribution in [0.5, 0.6) is 0 Å². The second-order valence-corrected chi connectivity index (χ2v) is 6.69. The van der Waals surface area contributed by atoms with Crippen LogP contribution in [0.2, 0.25) is 0 Å². The molecule has 2 N–H and O–H groups in total. The maximum Gasteiger partial charge on any atom is 0.227 e. The van der Waals surface area contributed by atoms with Crippen LogP contribution in [-0.4, -0.2) is 43.4 Å². The second-order valence-electron chi connectivity index (χ2n) is 5.83.